The first kappa shape index (κ1) is 20.6. The van der Waals surface area contributed by atoms with Crippen molar-refractivity contribution in [1.29, 1.82) is 0 Å². The molecule has 3 rings (SSSR count). The quantitative estimate of drug-likeness (QED) is 0.528. The molecule has 28 heavy (non-hydrogen) atoms. The van der Waals surface area contributed by atoms with Crippen molar-refractivity contribution >= 4 is 22.4 Å². The molecule has 0 aliphatic heterocycles. The van der Waals surface area contributed by atoms with Gasteiger partial charge in [-0.2, -0.15) is 0 Å². The number of hydrogen-bond donors (Lipinski definition) is 1. The van der Waals surface area contributed by atoms with Gasteiger partial charge in [-0.25, -0.2) is 0 Å². The van der Waals surface area contributed by atoms with Crippen molar-refractivity contribution < 1.29 is 8.95 Å². The van der Waals surface area contributed by atoms with E-state index in [9.17, 15) is 4.21 Å². The van der Waals surface area contributed by atoms with Crippen molar-refractivity contribution in [1.82, 2.24) is 5.32 Å². The van der Waals surface area contributed by atoms with Crippen LogP contribution in [-0.2, 0) is 24.0 Å². The van der Waals surface area contributed by atoms with E-state index in [2.05, 4.69) is 23.5 Å². The van der Waals surface area contributed by atoms with Gasteiger partial charge in [-0.1, -0.05) is 72.3 Å². The van der Waals surface area contributed by atoms with Gasteiger partial charge in [0.2, 0.25) is 0 Å². The third-order valence-electron chi connectivity index (χ3n) is 4.41. The molecule has 0 aromatic heterocycles. The van der Waals surface area contributed by atoms with Crippen LogP contribution in [0.4, 0.5) is 0 Å². The van der Waals surface area contributed by atoms with Crippen LogP contribution >= 0.6 is 11.6 Å². The van der Waals surface area contributed by atoms with Gasteiger partial charge in [-0.3, -0.25) is 4.21 Å². The third-order valence-corrected chi connectivity index (χ3v) is 5.58. The molecule has 5 heteroatoms. The van der Waals surface area contributed by atoms with E-state index in [4.69, 9.17) is 16.3 Å². The van der Waals surface area contributed by atoms with E-state index in [1.165, 1.54) is 0 Å². The molecule has 0 saturated heterocycles. The van der Waals surface area contributed by atoms with Gasteiger partial charge in [0.05, 0.1) is 0 Å². The van der Waals surface area contributed by atoms with Crippen molar-refractivity contribution in [2.45, 2.75) is 19.2 Å². The number of benzene rings is 3. The van der Waals surface area contributed by atoms with Gasteiger partial charge in [0.1, 0.15) is 12.4 Å². The zero-order valence-electron chi connectivity index (χ0n) is 15.8. The van der Waals surface area contributed by atoms with Crippen LogP contribution in [0.25, 0.3) is 0 Å². The van der Waals surface area contributed by atoms with Crippen LogP contribution in [0.1, 0.15) is 22.7 Å². The highest BCUT2D eigenvalue weighted by Crippen LogP contribution is 2.20. The van der Waals surface area contributed by atoms with Crippen LogP contribution in [0.2, 0.25) is 5.02 Å². The summed E-state index contributed by atoms with van der Waals surface area (Å²) in [6, 6.07) is 25.9. The lowest BCUT2D eigenvalue weighted by atomic mass is 10.1. The average Bonchev–Trinajstić information content (AvgIpc) is 2.71. The normalized spacial score (nSPS) is 13.1. The Morgan fingerprint density at radius 2 is 1.75 bits per heavy atom. The van der Waals surface area contributed by atoms with Gasteiger partial charge < -0.3 is 10.1 Å². The molecule has 0 bridgehead atoms. The zero-order chi connectivity index (χ0) is 19.8. The largest absolute Gasteiger partial charge is 0.489 e. The maximum absolute atomic E-state index is 11.8. The number of rotatable bonds is 9. The summed E-state index contributed by atoms with van der Waals surface area (Å²) in [6.45, 7) is 1.10. The summed E-state index contributed by atoms with van der Waals surface area (Å²) in [4.78, 5) is 0. The fourth-order valence-electron chi connectivity index (χ4n) is 2.96. The molecule has 0 heterocycles. The summed E-state index contributed by atoms with van der Waals surface area (Å²) < 4.78 is 17.7. The van der Waals surface area contributed by atoms with Crippen molar-refractivity contribution in [3.05, 3.63) is 101 Å². The van der Waals surface area contributed by atoms with Crippen LogP contribution in [0.3, 0.4) is 0 Å². The Balaban J connectivity index is 1.63. The predicted octanol–water partition coefficient (Wildman–Crippen LogP) is 5.13. The van der Waals surface area contributed by atoms with Gasteiger partial charge in [-0.05, 0) is 29.3 Å². The highest BCUT2D eigenvalue weighted by Gasteiger charge is 2.12. The van der Waals surface area contributed by atoms with Crippen LogP contribution in [0.15, 0.2) is 78.9 Å². The van der Waals surface area contributed by atoms with E-state index in [1.54, 1.807) is 6.26 Å². The summed E-state index contributed by atoms with van der Waals surface area (Å²) in [5.41, 5.74) is 3.21. The summed E-state index contributed by atoms with van der Waals surface area (Å²) in [5.74, 6) is 1.38. The monoisotopic (exact) mass is 413 g/mol. The van der Waals surface area contributed by atoms with Crippen molar-refractivity contribution in [3.63, 3.8) is 0 Å². The van der Waals surface area contributed by atoms with E-state index >= 15 is 0 Å². The number of halogens is 1. The van der Waals surface area contributed by atoms with Crippen LogP contribution in [0.5, 0.6) is 5.75 Å². The molecule has 3 nitrogen and oxygen atoms in total. The first-order chi connectivity index (χ1) is 13.6. The SMILES string of the molecule is C[S@](=O)C[C@H](NCc1cccc(OCc2ccccc2Cl)c1)c1ccccc1. The molecular weight excluding hydrogens is 390 g/mol. The Labute approximate surface area is 174 Å². The summed E-state index contributed by atoms with van der Waals surface area (Å²) in [7, 11) is -0.885. The first-order valence-electron chi connectivity index (χ1n) is 9.15. The molecule has 1 N–H and O–H groups in total. The second kappa shape index (κ2) is 10.4. The van der Waals surface area contributed by atoms with E-state index in [1.807, 2.05) is 60.7 Å². The molecular formula is C23H24ClNO2S. The maximum atomic E-state index is 11.8. The van der Waals surface area contributed by atoms with E-state index in [-0.39, 0.29) is 6.04 Å². The van der Waals surface area contributed by atoms with Crippen molar-refractivity contribution in [2.24, 2.45) is 0 Å². The highest BCUT2D eigenvalue weighted by molar-refractivity contribution is 7.84. The van der Waals surface area contributed by atoms with Crippen LogP contribution in [-0.4, -0.2) is 16.2 Å². The average molecular weight is 414 g/mol. The highest BCUT2D eigenvalue weighted by atomic mass is 35.5. The summed E-state index contributed by atoms with van der Waals surface area (Å²) >= 11 is 6.19. The Morgan fingerprint density at radius 3 is 2.50 bits per heavy atom. The molecule has 0 radical (unpaired) electrons. The van der Waals surface area contributed by atoms with Gasteiger partial charge in [-0.15, -0.1) is 0 Å². The molecule has 0 aliphatic carbocycles. The van der Waals surface area contributed by atoms with E-state index < -0.39 is 10.8 Å². The van der Waals surface area contributed by atoms with Gasteiger partial charge in [0, 0.05) is 46.0 Å². The van der Waals surface area contributed by atoms with Crippen LogP contribution < -0.4 is 10.1 Å². The molecule has 146 valence electrons. The molecule has 3 aromatic carbocycles. The third kappa shape index (κ3) is 6.20. The first-order valence-corrected chi connectivity index (χ1v) is 11.3. The second-order valence-electron chi connectivity index (χ2n) is 6.61. The minimum Gasteiger partial charge on any atom is -0.489 e. The Hall–Kier alpha value is -2.14. The predicted molar refractivity (Wildman–Crippen MR) is 117 cm³/mol. The maximum Gasteiger partial charge on any atom is 0.120 e. The lowest BCUT2D eigenvalue weighted by Gasteiger charge is -2.18. The molecule has 0 amide bonds. The Kier molecular flexibility index (Phi) is 7.66. The molecule has 0 saturated carbocycles. The summed E-state index contributed by atoms with van der Waals surface area (Å²) in [5, 5.41) is 4.23. The van der Waals surface area contributed by atoms with Gasteiger partial charge >= 0.3 is 0 Å². The molecule has 0 fully saturated rings. The second-order valence-corrected chi connectivity index (χ2v) is 8.50. The zero-order valence-corrected chi connectivity index (χ0v) is 17.4. The molecule has 2 atom stereocenters. The minimum atomic E-state index is -0.885. The smallest absolute Gasteiger partial charge is 0.120 e. The standard InChI is InChI=1S/C23H24ClNO2S/c1-28(26)17-23(19-9-3-2-4-10-19)25-15-18-8-7-12-21(14-18)27-16-20-11-5-6-13-22(20)24/h2-14,23,25H,15-17H2,1H3/t23-,28-/m0/s1. The Morgan fingerprint density at radius 1 is 1.00 bits per heavy atom. The van der Waals surface area contributed by atoms with Crippen molar-refractivity contribution in [3.8, 4) is 5.75 Å². The fraction of sp³-hybridized carbons (Fsp3) is 0.217. The van der Waals surface area contributed by atoms with Crippen LogP contribution in [0, 0.1) is 0 Å². The van der Waals surface area contributed by atoms with Crippen molar-refractivity contribution in [2.75, 3.05) is 12.0 Å². The van der Waals surface area contributed by atoms with E-state index in [0.717, 1.165) is 22.4 Å². The van der Waals surface area contributed by atoms with Gasteiger partial charge in [0.15, 0.2) is 0 Å². The lowest BCUT2D eigenvalue weighted by molar-refractivity contribution is 0.306. The topological polar surface area (TPSA) is 38.3 Å². The number of hydrogen-bond acceptors (Lipinski definition) is 3. The molecule has 0 spiro atoms. The minimum absolute atomic E-state index is 0.0414. The molecule has 3 aromatic rings. The number of ether oxygens (including phenoxy) is 1. The Bertz CT molecular complexity index is 917. The molecule has 0 aliphatic rings. The van der Waals surface area contributed by atoms with E-state index in [0.29, 0.717) is 23.9 Å². The van der Waals surface area contributed by atoms with Gasteiger partial charge in [0.25, 0.3) is 0 Å². The molecule has 0 unspecified atom stereocenters. The number of nitrogens with one attached hydrogen (secondary N) is 1. The fourth-order valence-corrected chi connectivity index (χ4v) is 3.93. The summed E-state index contributed by atoms with van der Waals surface area (Å²) in [6.07, 6.45) is 1.74. The lowest BCUT2D eigenvalue weighted by Crippen LogP contribution is -2.25.